The summed E-state index contributed by atoms with van der Waals surface area (Å²) in [5.74, 6) is 0. The molecule has 0 N–H and O–H groups in total. The van der Waals surface area contributed by atoms with Crippen molar-refractivity contribution in [2.75, 3.05) is 18.0 Å². The molecule has 0 unspecified atom stereocenters. The molecule has 29 heavy (non-hydrogen) atoms. The highest BCUT2D eigenvalue weighted by atomic mass is 16.4. The fourth-order valence-corrected chi connectivity index (χ4v) is 3.67. The summed E-state index contributed by atoms with van der Waals surface area (Å²) in [4.78, 5) is 19.6. The predicted molar refractivity (Wildman–Crippen MR) is 119 cm³/mol. The SMILES string of the molecule is CCCCN(CCCC)c1ccc2cc(-n3cnc4ccccc43)c(=O)oc2c1. The second-order valence-corrected chi connectivity index (χ2v) is 7.44. The number of aromatic nitrogens is 2. The van der Waals surface area contributed by atoms with E-state index in [0.717, 1.165) is 60.9 Å². The molecule has 0 aliphatic heterocycles. The van der Waals surface area contributed by atoms with E-state index in [2.05, 4.69) is 29.8 Å². The van der Waals surface area contributed by atoms with E-state index in [1.54, 1.807) is 10.9 Å². The smallest absolute Gasteiger partial charge is 0.360 e. The molecule has 0 saturated carbocycles. The van der Waals surface area contributed by atoms with Gasteiger partial charge in [0, 0.05) is 30.2 Å². The first-order chi connectivity index (χ1) is 14.2. The number of rotatable bonds is 8. The highest BCUT2D eigenvalue weighted by Crippen LogP contribution is 2.25. The number of benzene rings is 2. The molecule has 0 atom stereocenters. The van der Waals surface area contributed by atoms with Crippen LogP contribution in [0.15, 0.2) is 64.1 Å². The Morgan fingerprint density at radius 2 is 1.76 bits per heavy atom. The van der Waals surface area contributed by atoms with Crippen molar-refractivity contribution in [3.8, 4) is 5.69 Å². The molecule has 0 bridgehead atoms. The molecule has 5 heteroatoms. The lowest BCUT2D eigenvalue weighted by atomic mass is 10.1. The summed E-state index contributed by atoms with van der Waals surface area (Å²) in [6.45, 7) is 6.45. The third-order valence-electron chi connectivity index (χ3n) is 5.34. The first-order valence-corrected chi connectivity index (χ1v) is 10.5. The van der Waals surface area contributed by atoms with Crippen LogP contribution in [0, 0.1) is 0 Å². The number of unbranched alkanes of at least 4 members (excludes halogenated alkanes) is 2. The minimum Gasteiger partial charge on any atom is -0.421 e. The minimum absolute atomic E-state index is 0.355. The van der Waals surface area contributed by atoms with E-state index >= 15 is 0 Å². The number of imidazole rings is 1. The molecular weight excluding hydrogens is 362 g/mol. The van der Waals surface area contributed by atoms with Gasteiger partial charge in [-0.25, -0.2) is 9.78 Å². The lowest BCUT2D eigenvalue weighted by molar-refractivity contribution is 0.556. The molecule has 0 spiro atoms. The van der Waals surface area contributed by atoms with E-state index in [-0.39, 0.29) is 5.63 Å². The lowest BCUT2D eigenvalue weighted by Crippen LogP contribution is -2.25. The van der Waals surface area contributed by atoms with E-state index < -0.39 is 0 Å². The number of nitrogens with zero attached hydrogens (tertiary/aromatic N) is 3. The second kappa shape index (κ2) is 8.52. The van der Waals surface area contributed by atoms with Gasteiger partial charge in [-0.2, -0.15) is 0 Å². The summed E-state index contributed by atoms with van der Waals surface area (Å²) < 4.78 is 7.53. The average molecular weight is 389 g/mol. The van der Waals surface area contributed by atoms with Crippen LogP contribution in [-0.2, 0) is 0 Å². The van der Waals surface area contributed by atoms with Crippen LogP contribution in [0.1, 0.15) is 39.5 Å². The maximum atomic E-state index is 12.8. The van der Waals surface area contributed by atoms with Gasteiger partial charge in [-0.3, -0.25) is 4.57 Å². The maximum Gasteiger partial charge on any atom is 0.360 e. The third kappa shape index (κ3) is 3.90. The number of hydrogen-bond acceptors (Lipinski definition) is 4. The molecule has 2 aromatic carbocycles. The van der Waals surface area contributed by atoms with E-state index in [4.69, 9.17) is 4.42 Å². The quantitative estimate of drug-likeness (QED) is 0.371. The van der Waals surface area contributed by atoms with E-state index in [1.165, 1.54) is 0 Å². The molecule has 2 heterocycles. The third-order valence-corrected chi connectivity index (χ3v) is 5.34. The Morgan fingerprint density at radius 3 is 2.52 bits per heavy atom. The molecule has 150 valence electrons. The van der Waals surface area contributed by atoms with Crippen LogP contribution in [-0.4, -0.2) is 22.6 Å². The zero-order valence-electron chi connectivity index (χ0n) is 17.1. The van der Waals surface area contributed by atoms with Crippen LogP contribution < -0.4 is 10.5 Å². The van der Waals surface area contributed by atoms with Gasteiger partial charge in [0.1, 0.15) is 17.6 Å². The monoisotopic (exact) mass is 389 g/mol. The Morgan fingerprint density at radius 1 is 1.00 bits per heavy atom. The molecule has 0 radical (unpaired) electrons. The van der Waals surface area contributed by atoms with Gasteiger partial charge in [0.25, 0.3) is 0 Å². The number of anilines is 1. The molecule has 0 aliphatic rings. The number of hydrogen-bond donors (Lipinski definition) is 0. The molecule has 4 rings (SSSR count). The summed E-state index contributed by atoms with van der Waals surface area (Å²) in [6.07, 6.45) is 6.30. The van der Waals surface area contributed by atoms with Crippen molar-refractivity contribution < 1.29 is 4.42 Å². The fraction of sp³-hybridized carbons (Fsp3) is 0.333. The van der Waals surface area contributed by atoms with Gasteiger partial charge in [-0.1, -0.05) is 38.8 Å². The first-order valence-electron chi connectivity index (χ1n) is 10.5. The van der Waals surface area contributed by atoms with Crippen molar-refractivity contribution in [1.82, 2.24) is 9.55 Å². The summed E-state index contributed by atoms with van der Waals surface area (Å²) >= 11 is 0. The largest absolute Gasteiger partial charge is 0.421 e. The molecular formula is C24H27N3O2. The molecule has 0 aliphatic carbocycles. The standard InChI is InChI=1S/C24H27N3O2/c1-3-5-13-26(14-6-4-2)19-12-11-18-15-22(24(28)29-23(18)16-19)27-17-25-20-9-7-8-10-21(20)27/h7-12,15-17H,3-6,13-14H2,1-2H3. The Balaban J connectivity index is 1.74. The van der Waals surface area contributed by atoms with Crippen LogP contribution in [0.5, 0.6) is 0 Å². The normalized spacial score (nSPS) is 11.4. The fourth-order valence-electron chi connectivity index (χ4n) is 3.67. The van der Waals surface area contributed by atoms with Crippen molar-refractivity contribution in [3.05, 3.63) is 65.3 Å². The first kappa shape index (κ1) is 19.2. The molecule has 2 aromatic heterocycles. The van der Waals surface area contributed by atoms with Crippen LogP contribution in [0.25, 0.3) is 27.7 Å². The Hall–Kier alpha value is -3.08. The molecule has 0 fully saturated rings. The van der Waals surface area contributed by atoms with Gasteiger partial charge >= 0.3 is 5.63 Å². The van der Waals surface area contributed by atoms with Gasteiger partial charge < -0.3 is 9.32 Å². The minimum atomic E-state index is -0.355. The Labute approximate surface area is 170 Å². The van der Waals surface area contributed by atoms with Crippen LogP contribution in [0.4, 0.5) is 5.69 Å². The van der Waals surface area contributed by atoms with E-state index in [0.29, 0.717) is 11.3 Å². The van der Waals surface area contributed by atoms with E-state index in [9.17, 15) is 4.79 Å². The maximum absolute atomic E-state index is 12.8. The topological polar surface area (TPSA) is 51.3 Å². The Kier molecular flexibility index (Phi) is 5.65. The number of fused-ring (bicyclic) bond motifs is 2. The van der Waals surface area contributed by atoms with Gasteiger partial charge in [0.05, 0.1) is 11.0 Å². The van der Waals surface area contributed by atoms with E-state index in [1.807, 2.05) is 42.5 Å². The second-order valence-electron chi connectivity index (χ2n) is 7.44. The summed E-state index contributed by atoms with van der Waals surface area (Å²) in [7, 11) is 0. The summed E-state index contributed by atoms with van der Waals surface area (Å²) in [5.41, 5.74) is 3.60. The van der Waals surface area contributed by atoms with Crippen molar-refractivity contribution in [2.45, 2.75) is 39.5 Å². The zero-order valence-corrected chi connectivity index (χ0v) is 17.1. The van der Waals surface area contributed by atoms with Crippen molar-refractivity contribution in [3.63, 3.8) is 0 Å². The lowest BCUT2D eigenvalue weighted by Gasteiger charge is -2.24. The summed E-state index contributed by atoms with van der Waals surface area (Å²) in [5, 5.41) is 0.909. The van der Waals surface area contributed by atoms with Gasteiger partial charge in [-0.15, -0.1) is 0 Å². The molecule has 5 nitrogen and oxygen atoms in total. The average Bonchev–Trinajstić information content (AvgIpc) is 3.17. The molecule has 0 saturated heterocycles. The van der Waals surface area contributed by atoms with Crippen molar-refractivity contribution in [1.29, 1.82) is 0 Å². The molecule has 0 amide bonds. The Bertz CT molecular complexity index is 1170. The van der Waals surface area contributed by atoms with Crippen LogP contribution in [0.3, 0.4) is 0 Å². The summed E-state index contributed by atoms with van der Waals surface area (Å²) in [6, 6.07) is 15.8. The zero-order chi connectivity index (χ0) is 20.2. The molecule has 4 aromatic rings. The predicted octanol–water partition coefficient (Wildman–Crippen LogP) is 5.54. The highest BCUT2D eigenvalue weighted by Gasteiger charge is 2.13. The van der Waals surface area contributed by atoms with Gasteiger partial charge in [0.2, 0.25) is 0 Å². The van der Waals surface area contributed by atoms with Gasteiger partial charge in [0.15, 0.2) is 0 Å². The van der Waals surface area contributed by atoms with Crippen LogP contribution in [0.2, 0.25) is 0 Å². The van der Waals surface area contributed by atoms with Crippen molar-refractivity contribution in [2.24, 2.45) is 0 Å². The number of para-hydroxylation sites is 2. The van der Waals surface area contributed by atoms with Crippen molar-refractivity contribution >= 4 is 27.7 Å². The van der Waals surface area contributed by atoms with Gasteiger partial charge in [-0.05, 0) is 43.2 Å². The van der Waals surface area contributed by atoms with Crippen LogP contribution >= 0.6 is 0 Å². The highest BCUT2D eigenvalue weighted by molar-refractivity contribution is 5.83.